The molecular formula is C17H17N2+. The summed E-state index contributed by atoms with van der Waals surface area (Å²) in [6, 6.07) is 14.8. The normalized spacial score (nSPS) is 10.8. The number of H-pyrrole nitrogens is 1. The van der Waals surface area contributed by atoms with E-state index in [4.69, 9.17) is 0 Å². The van der Waals surface area contributed by atoms with E-state index in [0.717, 1.165) is 16.9 Å². The lowest BCUT2D eigenvalue weighted by atomic mass is 10.1. The van der Waals surface area contributed by atoms with Crippen LogP contribution in [0.25, 0.3) is 28.5 Å². The van der Waals surface area contributed by atoms with Crippen molar-refractivity contribution in [3.8, 4) is 11.4 Å². The van der Waals surface area contributed by atoms with Crippen molar-refractivity contribution in [3.63, 3.8) is 0 Å². The number of hydrogen-bond donors (Lipinski definition) is 1. The fourth-order valence-electron chi connectivity index (χ4n) is 2.54. The van der Waals surface area contributed by atoms with Gasteiger partial charge in [-0.25, -0.2) is 9.55 Å². The molecule has 94 valence electrons. The molecule has 0 amide bonds. The number of imidazole rings is 1. The summed E-state index contributed by atoms with van der Waals surface area (Å²) in [4.78, 5) is 3.49. The molecule has 19 heavy (non-hydrogen) atoms. The molecule has 0 saturated carbocycles. The van der Waals surface area contributed by atoms with Gasteiger partial charge in [0.05, 0.1) is 12.6 Å². The molecule has 3 rings (SSSR count). The summed E-state index contributed by atoms with van der Waals surface area (Å²) in [5.41, 5.74) is 5.94. The quantitative estimate of drug-likeness (QED) is 0.669. The topological polar surface area (TPSA) is 19.7 Å². The second-order valence-electron chi connectivity index (χ2n) is 4.89. The Balaban J connectivity index is 2.27. The summed E-state index contributed by atoms with van der Waals surface area (Å²) in [6.07, 6.45) is 1.89. The number of benzene rings is 2. The molecular weight excluding hydrogens is 232 g/mol. The first-order valence-electron chi connectivity index (χ1n) is 6.40. The monoisotopic (exact) mass is 249 g/mol. The smallest absolute Gasteiger partial charge is 0.236 e. The van der Waals surface area contributed by atoms with E-state index in [-0.39, 0.29) is 0 Å². The molecule has 1 aromatic heterocycles. The Kier molecular flexibility index (Phi) is 2.71. The zero-order valence-electron chi connectivity index (χ0n) is 11.3. The Morgan fingerprint density at radius 3 is 2.68 bits per heavy atom. The summed E-state index contributed by atoms with van der Waals surface area (Å²) in [5, 5.41) is 0. The highest BCUT2D eigenvalue weighted by Crippen LogP contribution is 2.21. The van der Waals surface area contributed by atoms with Crippen molar-refractivity contribution in [2.24, 2.45) is 7.05 Å². The van der Waals surface area contributed by atoms with Gasteiger partial charge in [-0.15, -0.1) is 0 Å². The van der Waals surface area contributed by atoms with E-state index in [1.165, 1.54) is 16.6 Å². The number of hydrogen-bond acceptors (Lipinski definition) is 0. The zero-order chi connectivity index (χ0) is 13.4. The predicted molar refractivity (Wildman–Crippen MR) is 79.7 cm³/mol. The maximum absolute atomic E-state index is 3.86. The molecule has 1 N–H and O–H groups in total. The molecule has 0 saturated heterocycles. The first kappa shape index (κ1) is 11.7. The standard InChI is InChI=1S/C17H16N2/c1-4-13-9-12(2)10-14(11-13)17-18-15-7-5-6-8-16(15)19(17)3/h4-11H,1H2,2-3H3/p+1. The van der Waals surface area contributed by atoms with Crippen molar-refractivity contribution in [1.29, 1.82) is 0 Å². The molecule has 2 heteroatoms. The van der Waals surface area contributed by atoms with Gasteiger partial charge >= 0.3 is 0 Å². The minimum Gasteiger partial charge on any atom is -0.236 e. The van der Waals surface area contributed by atoms with E-state index >= 15 is 0 Å². The first-order chi connectivity index (χ1) is 9.19. The zero-order valence-corrected chi connectivity index (χ0v) is 11.3. The molecule has 0 bridgehead atoms. The van der Waals surface area contributed by atoms with Gasteiger partial charge in [0.25, 0.3) is 5.82 Å². The maximum Gasteiger partial charge on any atom is 0.287 e. The highest BCUT2D eigenvalue weighted by Gasteiger charge is 2.16. The van der Waals surface area contributed by atoms with Crippen LogP contribution < -0.4 is 4.57 Å². The summed E-state index contributed by atoms with van der Waals surface area (Å²) in [6.45, 7) is 5.97. The molecule has 0 spiro atoms. The summed E-state index contributed by atoms with van der Waals surface area (Å²) in [7, 11) is 2.09. The van der Waals surface area contributed by atoms with E-state index < -0.39 is 0 Å². The van der Waals surface area contributed by atoms with Gasteiger partial charge in [-0.1, -0.05) is 30.9 Å². The SMILES string of the molecule is C=Cc1cc(C)cc(-c2[nH]c3ccccc3[n+]2C)c1. The van der Waals surface area contributed by atoms with Crippen LogP contribution in [0.4, 0.5) is 0 Å². The highest BCUT2D eigenvalue weighted by atomic mass is 15.1. The van der Waals surface area contributed by atoms with Gasteiger partial charge in [0, 0.05) is 0 Å². The van der Waals surface area contributed by atoms with Crippen molar-refractivity contribution in [2.45, 2.75) is 6.92 Å². The number of rotatable bonds is 2. The molecule has 0 fully saturated rings. The Morgan fingerprint density at radius 1 is 1.16 bits per heavy atom. The van der Waals surface area contributed by atoms with Crippen LogP contribution in [0.2, 0.25) is 0 Å². The van der Waals surface area contributed by atoms with Gasteiger partial charge in [0.1, 0.15) is 0 Å². The number of aryl methyl sites for hydroxylation is 2. The van der Waals surface area contributed by atoms with Gasteiger partial charge < -0.3 is 0 Å². The van der Waals surface area contributed by atoms with Crippen molar-refractivity contribution in [1.82, 2.24) is 4.98 Å². The second kappa shape index (κ2) is 4.39. The van der Waals surface area contributed by atoms with Crippen LogP contribution in [0.1, 0.15) is 11.1 Å². The van der Waals surface area contributed by atoms with E-state index in [9.17, 15) is 0 Å². The average molecular weight is 249 g/mol. The fourth-order valence-corrected chi connectivity index (χ4v) is 2.54. The number of nitrogens with zero attached hydrogens (tertiary/aromatic N) is 1. The molecule has 0 unspecified atom stereocenters. The minimum absolute atomic E-state index is 1.12. The molecule has 0 aliphatic carbocycles. The average Bonchev–Trinajstić information content (AvgIpc) is 2.76. The van der Waals surface area contributed by atoms with Gasteiger partial charge in [-0.3, -0.25) is 0 Å². The third kappa shape index (κ3) is 1.95. The Morgan fingerprint density at radius 2 is 1.95 bits per heavy atom. The van der Waals surface area contributed by atoms with Gasteiger partial charge in [-0.05, 0) is 42.3 Å². The molecule has 2 nitrogen and oxygen atoms in total. The number of nitrogens with one attached hydrogen (secondary N) is 1. The predicted octanol–water partition coefficient (Wildman–Crippen LogP) is 3.61. The van der Waals surface area contributed by atoms with Crippen molar-refractivity contribution >= 4 is 17.1 Å². The molecule has 3 aromatic rings. The Labute approximate surface area is 113 Å². The molecule has 1 heterocycles. The van der Waals surface area contributed by atoms with E-state index in [1.54, 1.807) is 0 Å². The van der Waals surface area contributed by atoms with Crippen LogP contribution in [-0.4, -0.2) is 4.98 Å². The lowest BCUT2D eigenvalue weighted by molar-refractivity contribution is -0.633. The number of aromatic nitrogens is 2. The Hall–Kier alpha value is -2.35. The molecule has 0 atom stereocenters. The van der Waals surface area contributed by atoms with Crippen molar-refractivity contribution < 1.29 is 4.57 Å². The second-order valence-corrected chi connectivity index (χ2v) is 4.89. The molecule has 0 radical (unpaired) electrons. The molecule has 2 aromatic carbocycles. The van der Waals surface area contributed by atoms with Crippen LogP contribution in [-0.2, 0) is 7.05 Å². The van der Waals surface area contributed by atoms with Crippen LogP contribution in [0.5, 0.6) is 0 Å². The third-order valence-corrected chi connectivity index (χ3v) is 3.46. The summed E-state index contributed by atoms with van der Waals surface area (Å²) in [5.74, 6) is 1.12. The van der Waals surface area contributed by atoms with E-state index in [2.05, 4.69) is 66.5 Å². The lowest BCUT2D eigenvalue weighted by Crippen LogP contribution is -2.29. The van der Waals surface area contributed by atoms with Crippen LogP contribution in [0.15, 0.2) is 49.0 Å². The minimum atomic E-state index is 1.12. The Bertz CT molecular complexity index is 766. The fraction of sp³-hybridized carbons (Fsp3) is 0.118. The highest BCUT2D eigenvalue weighted by molar-refractivity contribution is 5.75. The van der Waals surface area contributed by atoms with Crippen LogP contribution in [0, 0.1) is 6.92 Å². The third-order valence-electron chi connectivity index (χ3n) is 3.46. The van der Waals surface area contributed by atoms with Crippen molar-refractivity contribution in [2.75, 3.05) is 0 Å². The largest absolute Gasteiger partial charge is 0.287 e. The van der Waals surface area contributed by atoms with Gasteiger partial charge in [0.2, 0.25) is 0 Å². The number of aromatic amines is 1. The maximum atomic E-state index is 3.86. The number of para-hydroxylation sites is 2. The van der Waals surface area contributed by atoms with Gasteiger partial charge in [-0.2, -0.15) is 0 Å². The molecule has 0 aliphatic heterocycles. The summed E-state index contributed by atoms with van der Waals surface area (Å²) < 4.78 is 2.19. The number of fused-ring (bicyclic) bond motifs is 1. The van der Waals surface area contributed by atoms with Crippen LogP contribution in [0.3, 0.4) is 0 Å². The van der Waals surface area contributed by atoms with Gasteiger partial charge in [0.15, 0.2) is 11.0 Å². The molecule has 0 aliphatic rings. The lowest BCUT2D eigenvalue weighted by Gasteiger charge is -2.01. The van der Waals surface area contributed by atoms with E-state index in [0.29, 0.717) is 0 Å². The van der Waals surface area contributed by atoms with Crippen molar-refractivity contribution in [3.05, 3.63) is 60.2 Å². The van der Waals surface area contributed by atoms with Crippen LogP contribution >= 0.6 is 0 Å². The summed E-state index contributed by atoms with van der Waals surface area (Å²) >= 11 is 0. The van der Waals surface area contributed by atoms with E-state index in [1.807, 2.05) is 12.1 Å². The first-order valence-corrected chi connectivity index (χ1v) is 6.40.